The lowest BCUT2D eigenvalue weighted by molar-refractivity contribution is 0.0488. The minimum Gasteiger partial charge on any atom is -0.493 e. The Bertz CT molecular complexity index is 731. The molecular weight excluding hydrogens is 352 g/mol. The van der Waals surface area contributed by atoms with E-state index in [2.05, 4.69) is 0 Å². The van der Waals surface area contributed by atoms with Gasteiger partial charge in [-0.05, 0) is 56.0 Å². The van der Waals surface area contributed by atoms with E-state index in [9.17, 15) is 4.79 Å². The highest BCUT2D eigenvalue weighted by molar-refractivity contribution is 6.30. The van der Waals surface area contributed by atoms with Crippen molar-refractivity contribution in [3.63, 3.8) is 0 Å². The van der Waals surface area contributed by atoms with Crippen LogP contribution in [0.3, 0.4) is 0 Å². The predicted molar refractivity (Wildman–Crippen MR) is 101 cm³/mol. The van der Waals surface area contributed by atoms with Crippen molar-refractivity contribution in [3.8, 4) is 5.75 Å². The van der Waals surface area contributed by atoms with Crippen molar-refractivity contribution in [2.24, 2.45) is 5.92 Å². The topological polar surface area (TPSA) is 48.7 Å². The first-order valence-electron chi connectivity index (χ1n) is 9.32. The summed E-state index contributed by atoms with van der Waals surface area (Å²) >= 11 is 6.17. The number of hydrogen-bond acceptors (Lipinski definition) is 4. The van der Waals surface area contributed by atoms with Gasteiger partial charge in [-0.15, -0.1) is 0 Å². The summed E-state index contributed by atoms with van der Waals surface area (Å²) in [4.78, 5) is 11.7. The molecule has 0 radical (unpaired) electrons. The fourth-order valence-corrected chi connectivity index (χ4v) is 3.56. The largest absolute Gasteiger partial charge is 0.493 e. The van der Waals surface area contributed by atoms with Crippen molar-refractivity contribution in [1.82, 2.24) is 0 Å². The van der Waals surface area contributed by atoms with Crippen LogP contribution in [0, 0.1) is 5.92 Å². The maximum atomic E-state index is 11.7. The van der Waals surface area contributed by atoms with Gasteiger partial charge in [0.05, 0.1) is 13.2 Å². The molecule has 1 aromatic heterocycles. The molecule has 0 unspecified atom stereocenters. The molecule has 0 aliphatic heterocycles. The van der Waals surface area contributed by atoms with E-state index in [0.29, 0.717) is 29.7 Å². The third-order valence-electron chi connectivity index (χ3n) is 4.72. The van der Waals surface area contributed by atoms with Crippen LogP contribution in [0.4, 0.5) is 0 Å². The van der Waals surface area contributed by atoms with Gasteiger partial charge in [0.2, 0.25) is 5.76 Å². The van der Waals surface area contributed by atoms with Gasteiger partial charge >= 0.3 is 5.97 Å². The molecule has 0 spiro atoms. The number of benzene rings is 1. The molecule has 2 aromatic rings. The molecule has 4 nitrogen and oxygen atoms in total. The van der Waals surface area contributed by atoms with Gasteiger partial charge in [0.15, 0.2) is 0 Å². The van der Waals surface area contributed by atoms with Crippen molar-refractivity contribution in [2.75, 3.05) is 13.2 Å². The normalized spacial score (nSPS) is 15.0. The molecular formula is C21H25ClO4. The molecule has 0 N–H and O–H groups in total. The molecule has 1 saturated carbocycles. The quantitative estimate of drug-likeness (QED) is 0.585. The van der Waals surface area contributed by atoms with Crippen LogP contribution in [0.5, 0.6) is 5.75 Å². The maximum absolute atomic E-state index is 11.7. The summed E-state index contributed by atoms with van der Waals surface area (Å²) in [5, 5.41) is 0.655. The molecule has 5 heteroatoms. The average Bonchev–Trinajstić information content (AvgIpc) is 3.11. The summed E-state index contributed by atoms with van der Waals surface area (Å²) < 4.78 is 16.7. The van der Waals surface area contributed by atoms with E-state index in [4.69, 9.17) is 25.5 Å². The van der Waals surface area contributed by atoms with Crippen molar-refractivity contribution in [3.05, 3.63) is 52.4 Å². The van der Waals surface area contributed by atoms with E-state index in [1.807, 2.05) is 18.2 Å². The highest BCUT2D eigenvalue weighted by atomic mass is 35.5. The van der Waals surface area contributed by atoms with E-state index < -0.39 is 5.97 Å². The molecule has 1 fully saturated rings. The van der Waals surface area contributed by atoms with Crippen molar-refractivity contribution in [1.29, 1.82) is 0 Å². The van der Waals surface area contributed by atoms with Gasteiger partial charge in [-0.1, -0.05) is 30.9 Å². The standard InChI is InChI=1S/C21H25ClO4/c1-2-24-21(23)20-11-9-18(26-20)13-16-12-17(22)8-10-19(16)25-14-15-6-4-3-5-7-15/h8-12,15H,2-7,13-14H2,1H3. The van der Waals surface area contributed by atoms with Gasteiger partial charge in [0.1, 0.15) is 11.5 Å². The highest BCUT2D eigenvalue weighted by Crippen LogP contribution is 2.29. The summed E-state index contributed by atoms with van der Waals surface area (Å²) in [6, 6.07) is 9.08. The van der Waals surface area contributed by atoms with Crippen molar-refractivity contribution < 1.29 is 18.7 Å². The van der Waals surface area contributed by atoms with Crippen LogP contribution in [-0.2, 0) is 11.2 Å². The van der Waals surface area contributed by atoms with Gasteiger partial charge in [0.25, 0.3) is 0 Å². The Labute approximate surface area is 159 Å². The zero-order valence-electron chi connectivity index (χ0n) is 15.1. The van der Waals surface area contributed by atoms with Crippen LogP contribution < -0.4 is 4.74 Å². The number of esters is 1. The molecule has 3 rings (SSSR count). The van der Waals surface area contributed by atoms with Gasteiger partial charge in [-0.25, -0.2) is 4.79 Å². The Morgan fingerprint density at radius 2 is 2.00 bits per heavy atom. The summed E-state index contributed by atoms with van der Waals surface area (Å²) in [6.45, 7) is 2.83. The zero-order valence-corrected chi connectivity index (χ0v) is 15.9. The second-order valence-electron chi connectivity index (χ2n) is 6.73. The van der Waals surface area contributed by atoms with Crippen LogP contribution in [0.1, 0.15) is 60.9 Å². The van der Waals surface area contributed by atoms with E-state index in [-0.39, 0.29) is 5.76 Å². The number of halogens is 1. The van der Waals surface area contributed by atoms with Crippen molar-refractivity contribution >= 4 is 17.6 Å². The number of furan rings is 1. The monoisotopic (exact) mass is 376 g/mol. The Balaban J connectivity index is 1.68. The number of hydrogen-bond donors (Lipinski definition) is 0. The highest BCUT2D eigenvalue weighted by Gasteiger charge is 2.17. The maximum Gasteiger partial charge on any atom is 0.374 e. The van der Waals surface area contributed by atoms with E-state index in [1.54, 1.807) is 19.1 Å². The number of rotatable bonds is 7. The second kappa shape index (κ2) is 9.13. The van der Waals surface area contributed by atoms with Crippen LogP contribution >= 0.6 is 11.6 Å². The fourth-order valence-electron chi connectivity index (χ4n) is 3.36. The average molecular weight is 377 g/mol. The number of carbonyl (C=O) groups excluding carboxylic acids is 1. The van der Waals surface area contributed by atoms with Gasteiger partial charge in [-0.3, -0.25) is 0 Å². The van der Waals surface area contributed by atoms with Crippen LogP contribution in [0.25, 0.3) is 0 Å². The third kappa shape index (κ3) is 5.04. The molecule has 0 amide bonds. The Hall–Kier alpha value is -1.94. The lowest BCUT2D eigenvalue weighted by Gasteiger charge is -2.22. The number of carbonyl (C=O) groups is 1. The first kappa shape index (κ1) is 18.8. The lowest BCUT2D eigenvalue weighted by atomic mass is 9.90. The Kier molecular flexibility index (Phi) is 6.62. The van der Waals surface area contributed by atoms with Gasteiger partial charge in [-0.2, -0.15) is 0 Å². The first-order chi connectivity index (χ1) is 12.7. The summed E-state index contributed by atoms with van der Waals surface area (Å²) in [5.74, 6) is 1.91. The lowest BCUT2D eigenvalue weighted by Crippen LogP contribution is -2.15. The van der Waals surface area contributed by atoms with E-state index >= 15 is 0 Å². The predicted octanol–water partition coefficient (Wildman–Crippen LogP) is 5.66. The first-order valence-corrected chi connectivity index (χ1v) is 9.70. The molecule has 1 heterocycles. The van der Waals surface area contributed by atoms with E-state index in [1.165, 1.54) is 32.1 Å². The minimum atomic E-state index is -0.446. The molecule has 0 bridgehead atoms. The van der Waals surface area contributed by atoms with Gasteiger partial charge in [0, 0.05) is 17.0 Å². The van der Waals surface area contributed by atoms with E-state index in [0.717, 1.165) is 17.9 Å². The smallest absolute Gasteiger partial charge is 0.374 e. The van der Waals surface area contributed by atoms with Crippen molar-refractivity contribution in [2.45, 2.75) is 45.4 Å². The summed E-state index contributed by atoms with van der Waals surface area (Å²) in [5.41, 5.74) is 0.957. The van der Waals surface area contributed by atoms with Crippen LogP contribution in [0.2, 0.25) is 5.02 Å². The fraction of sp³-hybridized carbons (Fsp3) is 0.476. The SMILES string of the molecule is CCOC(=O)c1ccc(Cc2cc(Cl)ccc2OCC2CCCCC2)o1. The van der Waals surface area contributed by atoms with Crippen LogP contribution in [-0.4, -0.2) is 19.2 Å². The second-order valence-corrected chi connectivity index (χ2v) is 7.17. The molecule has 1 aliphatic carbocycles. The Morgan fingerprint density at radius 1 is 1.19 bits per heavy atom. The molecule has 0 atom stereocenters. The Morgan fingerprint density at radius 3 is 2.77 bits per heavy atom. The zero-order chi connectivity index (χ0) is 18.4. The molecule has 1 aromatic carbocycles. The minimum absolute atomic E-state index is 0.216. The molecule has 26 heavy (non-hydrogen) atoms. The summed E-state index contributed by atoms with van der Waals surface area (Å²) in [7, 11) is 0. The molecule has 140 valence electrons. The number of ether oxygens (including phenoxy) is 2. The van der Waals surface area contributed by atoms with Gasteiger partial charge < -0.3 is 13.9 Å². The summed E-state index contributed by atoms with van der Waals surface area (Å²) in [6.07, 6.45) is 6.92. The molecule has 1 aliphatic rings. The third-order valence-corrected chi connectivity index (χ3v) is 4.96. The molecule has 0 saturated heterocycles. The van der Waals surface area contributed by atoms with Crippen LogP contribution in [0.15, 0.2) is 34.7 Å².